The highest BCUT2D eigenvalue weighted by Gasteiger charge is 2.31. The van der Waals surface area contributed by atoms with E-state index in [0.717, 1.165) is 12.8 Å². The molecule has 0 heterocycles. The lowest BCUT2D eigenvalue weighted by molar-refractivity contribution is -0.139. The van der Waals surface area contributed by atoms with Crippen molar-refractivity contribution in [2.75, 3.05) is 7.11 Å². The second-order valence-electron chi connectivity index (χ2n) is 3.38. The fourth-order valence-electron chi connectivity index (χ4n) is 1.52. The van der Waals surface area contributed by atoms with Crippen molar-refractivity contribution < 1.29 is 14.6 Å². The highest BCUT2D eigenvalue weighted by atomic mass is 16.5. The summed E-state index contributed by atoms with van der Waals surface area (Å²) in [5.41, 5.74) is 5.37. The van der Waals surface area contributed by atoms with E-state index in [1.807, 2.05) is 0 Å². The summed E-state index contributed by atoms with van der Waals surface area (Å²) in [5.74, 6) is -0.461. The van der Waals surface area contributed by atoms with Gasteiger partial charge in [0.2, 0.25) is 0 Å². The first-order valence-corrected chi connectivity index (χ1v) is 4.14. The van der Waals surface area contributed by atoms with E-state index in [9.17, 15) is 4.79 Å². The molecule has 1 aliphatic carbocycles. The minimum atomic E-state index is -0.907. The molecular formula is C8H15NO3. The van der Waals surface area contributed by atoms with Crippen LogP contribution in [0.1, 0.15) is 19.3 Å². The smallest absolute Gasteiger partial charge is 0.320 e. The molecular weight excluding hydrogens is 158 g/mol. The molecule has 1 rings (SSSR count). The summed E-state index contributed by atoms with van der Waals surface area (Å²) in [6.45, 7) is 0. The number of hydrogen-bond donors (Lipinski definition) is 2. The maximum atomic E-state index is 10.4. The van der Waals surface area contributed by atoms with Crippen LogP contribution in [0.4, 0.5) is 0 Å². The minimum absolute atomic E-state index is 0.330. The zero-order valence-electron chi connectivity index (χ0n) is 7.19. The molecule has 4 nitrogen and oxygen atoms in total. The summed E-state index contributed by atoms with van der Waals surface area (Å²) < 4.78 is 5.07. The fourth-order valence-corrected chi connectivity index (χ4v) is 1.52. The van der Waals surface area contributed by atoms with Gasteiger partial charge in [-0.05, 0) is 25.2 Å². The summed E-state index contributed by atoms with van der Waals surface area (Å²) >= 11 is 0. The number of carboxylic acid groups (broad SMARTS) is 1. The van der Waals surface area contributed by atoms with E-state index in [0.29, 0.717) is 18.4 Å². The van der Waals surface area contributed by atoms with Gasteiger partial charge in [-0.3, -0.25) is 4.79 Å². The Hall–Kier alpha value is -0.610. The van der Waals surface area contributed by atoms with Gasteiger partial charge in [0, 0.05) is 7.11 Å². The number of hydrogen-bond acceptors (Lipinski definition) is 3. The van der Waals surface area contributed by atoms with Crippen molar-refractivity contribution >= 4 is 5.97 Å². The molecule has 1 unspecified atom stereocenters. The van der Waals surface area contributed by atoms with Crippen molar-refractivity contribution in [1.82, 2.24) is 0 Å². The van der Waals surface area contributed by atoms with Gasteiger partial charge in [0.25, 0.3) is 0 Å². The monoisotopic (exact) mass is 173 g/mol. The van der Waals surface area contributed by atoms with Crippen molar-refractivity contribution in [3.8, 4) is 0 Å². The van der Waals surface area contributed by atoms with Crippen LogP contribution in [0.15, 0.2) is 0 Å². The molecule has 3 N–H and O–H groups in total. The Bertz CT molecular complexity index is 166. The predicted molar refractivity (Wildman–Crippen MR) is 43.7 cm³/mol. The molecule has 1 aliphatic rings. The SMILES string of the molecule is COC1CC(CC(N)C(=O)O)C1. The third kappa shape index (κ3) is 2.19. The van der Waals surface area contributed by atoms with Gasteiger partial charge >= 0.3 is 5.97 Å². The second kappa shape index (κ2) is 3.87. The highest BCUT2D eigenvalue weighted by Crippen LogP contribution is 2.32. The van der Waals surface area contributed by atoms with Gasteiger partial charge in [0.15, 0.2) is 0 Å². The molecule has 0 aromatic heterocycles. The number of ether oxygens (including phenoxy) is 1. The van der Waals surface area contributed by atoms with Crippen molar-refractivity contribution in [2.24, 2.45) is 11.7 Å². The summed E-state index contributed by atoms with van der Waals surface area (Å²) in [6, 6.07) is -0.701. The molecule has 1 fully saturated rings. The molecule has 4 heteroatoms. The Kier molecular flexibility index (Phi) is 3.05. The first-order chi connectivity index (χ1) is 5.63. The molecule has 0 aromatic carbocycles. The summed E-state index contributed by atoms with van der Waals surface area (Å²) in [5, 5.41) is 8.52. The maximum absolute atomic E-state index is 10.4. The van der Waals surface area contributed by atoms with Gasteiger partial charge < -0.3 is 15.6 Å². The topological polar surface area (TPSA) is 72.5 Å². The van der Waals surface area contributed by atoms with E-state index in [1.54, 1.807) is 7.11 Å². The van der Waals surface area contributed by atoms with E-state index in [4.69, 9.17) is 15.6 Å². The van der Waals surface area contributed by atoms with Crippen LogP contribution < -0.4 is 5.73 Å². The maximum Gasteiger partial charge on any atom is 0.320 e. The number of methoxy groups -OCH3 is 1. The highest BCUT2D eigenvalue weighted by molar-refractivity contribution is 5.73. The van der Waals surface area contributed by atoms with Gasteiger partial charge in [0.05, 0.1) is 6.10 Å². The predicted octanol–water partition coefficient (Wildman–Crippen LogP) is 0.213. The number of carboxylic acids is 1. The quantitative estimate of drug-likeness (QED) is 0.637. The first kappa shape index (κ1) is 9.48. The Labute approximate surface area is 71.7 Å². The molecule has 0 amide bonds. The fraction of sp³-hybridized carbons (Fsp3) is 0.875. The lowest BCUT2D eigenvalue weighted by atomic mass is 9.78. The van der Waals surface area contributed by atoms with Crippen LogP contribution in [0, 0.1) is 5.92 Å². The van der Waals surface area contributed by atoms with E-state index < -0.39 is 12.0 Å². The molecule has 1 atom stereocenters. The van der Waals surface area contributed by atoms with Gasteiger partial charge in [-0.15, -0.1) is 0 Å². The van der Waals surface area contributed by atoms with Gasteiger partial charge in [-0.1, -0.05) is 0 Å². The lowest BCUT2D eigenvalue weighted by Gasteiger charge is -2.34. The Balaban J connectivity index is 2.14. The van der Waals surface area contributed by atoms with E-state index in [1.165, 1.54) is 0 Å². The number of aliphatic carboxylic acids is 1. The first-order valence-electron chi connectivity index (χ1n) is 4.14. The zero-order chi connectivity index (χ0) is 9.14. The zero-order valence-corrected chi connectivity index (χ0v) is 7.19. The largest absolute Gasteiger partial charge is 0.480 e. The van der Waals surface area contributed by atoms with Crippen LogP contribution in [0.5, 0.6) is 0 Å². The molecule has 0 aliphatic heterocycles. The van der Waals surface area contributed by atoms with Crippen molar-refractivity contribution in [3.05, 3.63) is 0 Å². The van der Waals surface area contributed by atoms with Crippen LogP contribution in [0.2, 0.25) is 0 Å². The number of nitrogens with two attached hydrogens (primary N) is 1. The Morgan fingerprint density at radius 2 is 2.33 bits per heavy atom. The van der Waals surface area contributed by atoms with Crippen LogP contribution in [-0.4, -0.2) is 30.3 Å². The molecule has 70 valence electrons. The summed E-state index contributed by atoms with van der Waals surface area (Å²) in [6.07, 6.45) is 2.82. The normalized spacial score (nSPS) is 30.8. The van der Waals surface area contributed by atoms with E-state index >= 15 is 0 Å². The third-order valence-corrected chi connectivity index (χ3v) is 2.43. The minimum Gasteiger partial charge on any atom is -0.480 e. The number of rotatable bonds is 4. The van der Waals surface area contributed by atoms with Crippen molar-refractivity contribution in [3.63, 3.8) is 0 Å². The van der Waals surface area contributed by atoms with Crippen LogP contribution >= 0.6 is 0 Å². The van der Waals surface area contributed by atoms with Gasteiger partial charge in [-0.2, -0.15) is 0 Å². The van der Waals surface area contributed by atoms with E-state index in [2.05, 4.69) is 0 Å². The van der Waals surface area contributed by atoms with Crippen molar-refractivity contribution in [1.29, 1.82) is 0 Å². The molecule has 12 heavy (non-hydrogen) atoms. The third-order valence-electron chi connectivity index (χ3n) is 2.43. The molecule has 0 aromatic rings. The average Bonchev–Trinajstić information content (AvgIpc) is 1.94. The average molecular weight is 173 g/mol. The lowest BCUT2D eigenvalue weighted by Crippen LogP contribution is -2.38. The molecule has 0 saturated heterocycles. The van der Waals surface area contributed by atoms with E-state index in [-0.39, 0.29) is 0 Å². The molecule has 0 radical (unpaired) electrons. The summed E-state index contributed by atoms with van der Waals surface area (Å²) in [7, 11) is 1.68. The standard InChI is InChI=1S/C8H15NO3/c1-12-6-2-5(3-6)4-7(9)8(10)11/h5-7H,2-4,9H2,1H3,(H,10,11). The van der Waals surface area contributed by atoms with Crippen molar-refractivity contribution in [2.45, 2.75) is 31.4 Å². The number of carbonyl (C=O) groups is 1. The molecule has 0 bridgehead atoms. The summed E-state index contributed by atoms with van der Waals surface area (Å²) in [4.78, 5) is 10.4. The van der Waals surface area contributed by atoms with Crippen LogP contribution in [0.25, 0.3) is 0 Å². The second-order valence-corrected chi connectivity index (χ2v) is 3.38. The molecule has 0 spiro atoms. The molecule has 1 saturated carbocycles. The van der Waals surface area contributed by atoms with Gasteiger partial charge in [-0.25, -0.2) is 0 Å². The van der Waals surface area contributed by atoms with Gasteiger partial charge in [0.1, 0.15) is 6.04 Å². The van der Waals surface area contributed by atoms with Crippen LogP contribution in [-0.2, 0) is 9.53 Å². The Morgan fingerprint density at radius 3 is 2.75 bits per heavy atom. The van der Waals surface area contributed by atoms with Crippen LogP contribution in [0.3, 0.4) is 0 Å². The Morgan fingerprint density at radius 1 is 1.75 bits per heavy atom.